The first kappa shape index (κ1) is 15.8. The Morgan fingerprint density at radius 2 is 1.75 bits per heavy atom. The number of quaternary nitrogens is 1. The van der Waals surface area contributed by atoms with Crippen molar-refractivity contribution in [2.24, 2.45) is 0 Å². The van der Waals surface area contributed by atoms with Crippen molar-refractivity contribution in [2.75, 3.05) is 24.8 Å². The van der Waals surface area contributed by atoms with Crippen molar-refractivity contribution in [1.29, 1.82) is 0 Å². The normalized spacial score (nSPS) is 10.2. The number of halogens is 4. The average molecular weight is 289 g/mol. The first-order valence-corrected chi connectivity index (χ1v) is 5.71. The largest absolute Gasteiger partial charge is 1.00 e. The smallest absolute Gasteiger partial charge is 0.170 e. The van der Waals surface area contributed by atoms with Crippen LogP contribution in [0.4, 0.5) is 10.1 Å². The standard InChI is InChI=1S/C10H12Cl2FNO.ClH/c11-3-5-14(6-4-12)8-1-2-10(15)9(13)7-8;/h1-2,7,15H,3-6H2;1H. The zero-order valence-corrected chi connectivity index (χ0v) is 10.8. The zero-order valence-electron chi connectivity index (χ0n) is 8.52. The lowest BCUT2D eigenvalue weighted by atomic mass is 10.2. The van der Waals surface area contributed by atoms with Crippen LogP contribution >= 0.6 is 23.2 Å². The van der Waals surface area contributed by atoms with Gasteiger partial charge >= 0.3 is 0 Å². The average Bonchev–Trinajstić information content (AvgIpc) is 2.22. The number of benzene rings is 1. The monoisotopic (exact) mass is 287 g/mol. The number of alkyl halides is 2. The highest BCUT2D eigenvalue weighted by Crippen LogP contribution is 2.16. The molecule has 16 heavy (non-hydrogen) atoms. The maximum atomic E-state index is 13.1. The Hall–Kier alpha value is -0.220. The van der Waals surface area contributed by atoms with Crippen molar-refractivity contribution >= 4 is 28.9 Å². The Morgan fingerprint density at radius 3 is 2.19 bits per heavy atom. The fraction of sp³-hybridized carbons (Fsp3) is 0.400. The van der Waals surface area contributed by atoms with E-state index < -0.39 is 5.82 Å². The first-order valence-electron chi connectivity index (χ1n) is 4.64. The lowest BCUT2D eigenvalue weighted by Gasteiger charge is -2.16. The van der Waals surface area contributed by atoms with Gasteiger partial charge in [0.05, 0.1) is 24.8 Å². The van der Waals surface area contributed by atoms with Crippen LogP contribution in [0.3, 0.4) is 0 Å². The lowest BCUT2D eigenvalue weighted by molar-refractivity contribution is -0.827. The van der Waals surface area contributed by atoms with Crippen LogP contribution in [0.25, 0.3) is 0 Å². The second kappa shape index (κ2) is 7.96. The second-order valence-electron chi connectivity index (χ2n) is 3.15. The fourth-order valence-electron chi connectivity index (χ4n) is 1.37. The molecule has 0 aliphatic rings. The molecule has 0 spiro atoms. The highest BCUT2D eigenvalue weighted by molar-refractivity contribution is 6.18. The van der Waals surface area contributed by atoms with Crippen molar-refractivity contribution in [1.82, 2.24) is 0 Å². The molecule has 0 amide bonds. The van der Waals surface area contributed by atoms with E-state index in [2.05, 4.69) is 0 Å². The number of aromatic hydroxyl groups is 1. The van der Waals surface area contributed by atoms with Gasteiger partial charge in [0.1, 0.15) is 5.69 Å². The quantitative estimate of drug-likeness (QED) is 0.502. The molecule has 0 aliphatic carbocycles. The topological polar surface area (TPSA) is 24.7 Å². The summed E-state index contributed by atoms with van der Waals surface area (Å²) in [4.78, 5) is 1.01. The van der Waals surface area contributed by atoms with E-state index in [-0.39, 0.29) is 18.2 Å². The Kier molecular flexibility index (Phi) is 7.85. The molecule has 1 aromatic carbocycles. The van der Waals surface area contributed by atoms with Gasteiger partial charge in [-0.2, -0.15) is 0 Å². The van der Waals surface area contributed by atoms with Crippen molar-refractivity contribution < 1.29 is 26.8 Å². The molecule has 0 bridgehead atoms. The molecule has 2 nitrogen and oxygen atoms in total. The number of hydrogen-bond acceptors (Lipinski definition) is 1. The summed E-state index contributed by atoms with van der Waals surface area (Å²) in [6, 6.07) is 4.32. The SMILES string of the molecule is Oc1ccc([NH+](CCCl)CCCl)cc1F.[Cl-]. The number of phenols is 1. The van der Waals surface area contributed by atoms with Gasteiger partial charge in [0.15, 0.2) is 11.6 Å². The van der Waals surface area contributed by atoms with Gasteiger partial charge in [0.2, 0.25) is 0 Å². The van der Waals surface area contributed by atoms with Gasteiger partial charge < -0.3 is 22.4 Å². The second-order valence-corrected chi connectivity index (χ2v) is 3.90. The molecule has 0 aliphatic heterocycles. The summed E-state index contributed by atoms with van der Waals surface area (Å²) in [5.74, 6) is 0.00710. The predicted molar refractivity (Wildman–Crippen MR) is 59.9 cm³/mol. The molecule has 0 heterocycles. The Morgan fingerprint density at radius 1 is 1.19 bits per heavy atom. The van der Waals surface area contributed by atoms with Crippen LogP contribution in [-0.4, -0.2) is 30.0 Å². The molecule has 0 atom stereocenters. The predicted octanol–water partition coefficient (Wildman–Crippen LogP) is -1.47. The third-order valence-electron chi connectivity index (χ3n) is 2.15. The van der Waals surface area contributed by atoms with E-state index in [0.29, 0.717) is 24.8 Å². The number of nitrogens with one attached hydrogen (secondary N) is 1. The summed E-state index contributed by atoms with van der Waals surface area (Å²) in [7, 11) is 0. The minimum Gasteiger partial charge on any atom is -1.00 e. The molecule has 0 radical (unpaired) electrons. The summed E-state index contributed by atoms with van der Waals surface area (Å²) in [5.41, 5.74) is 0.756. The molecule has 0 saturated heterocycles. The van der Waals surface area contributed by atoms with Crippen molar-refractivity contribution in [3.63, 3.8) is 0 Å². The molecule has 0 saturated carbocycles. The number of phenolic OH excluding ortho intramolecular Hbond substituents is 1. The molecule has 0 aromatic heterocycles. The molecule has 6 heteroatoms. The summed E-state index contributed by atoms with van der Waals surface area (Å²) in [5, 5.41) is 9.05. The number of hydrogen-bond donors (Lipinski definition) is 2. The highest BCUT2D eigenvalue weighted by atomic mass is 35.5. The molecule has 0 unspecified atom stereocenters. The van der Waals surface area contributed by atoms with Crippen molar-refractivity contribution in [2.45, 2.75) is 0 Å². The van der Waals surface area contributed by atoms with E-state index in [1.54, 1.807) is 6.07 Å². The summed E-state index contributed by atoms with van der Waals surface area (Å²) in [6.07, 6.45) is 0. The van der Waals surface area contributed by atoms with Crippen LogP contribution in [0, 0.1) is 5.82 Å². The van der Waals surface area contributed by atoms with E-state index >= 15 is 0 Å². The highest BCUT2D eigenvalue weighted by Gasteiger charge is 2.13. The third-order valence-corrected chi connectivity index (χ3v) is 2.53. The summed E-state index contributed by atoms with van der Waals surface area (Å²) >= 11 is 11.3. The van der Waals surface area contributed by atoms with E-state index in [4.69, 9.17) is 28.3 Å². The van der Waals surface area contributed by atoms with Crippen LogP contribution in [0.2, 0.25) is 0 Å². The van der Waals surface area contributed by atoms with E-state index in [1.165, 1.54) is 12.1 Å². The zero-order chi connectivity index (χ0) is 11.3. The van der Waals surface area contributed by atoms with Crippen LogP contribution < -0.4 is 17.3 Å². The van der Waals surface area contributed by atoms with Gasteiger partial charge in [0, 0.05) is 12.1 Å². The van der Waals surface area contributed by atoms with Crippen LogP contribution in [0.5, 0.6) is 5.75 Å². The van der Waals surface area contributed by atoms with Gasteiger partial charge in [-0.1, -0.05) is 0 Å². The molecule has 0 fully saturated rings. The molecular weight excluding hydrogens is 275 g/mol. The molecule has 2 N–H and O–H groups in total. The van der Waals surface area contributed by atoms with Crippen LogP contribution in [0.1, 0.15) is 0 Å². The van der Waals surface area contributed by atoms with Gasteiger partial charge in [0.25, 0.3) is 0 Å². The van der Waals surface area contributed by atoms with E-state index in [0.717, 1.165) is 10.6 Å². The maximum absolute atomic E-state index is 13.1. The Labute approximate surface area is 110 Å². The Bertz CT molecular complexity index is 319. The molecule has 92 valence electrons. The maximum Gasteiger partial charge on any atom is 0.170 e. The van der Waals surface area contributed by atoms with Gasteiger partial charge in [-0.3, -0.25) is 0 Å². The van der Waals surface area contributed by atoms with Gasteiger partial charge in [-0.25, -0.2) is 4.39 Å². The third kappa shape index (κ3) is 4.34. The van der Waals surface area contributed by atoms with E-state index in [9.17, 15) is 4.39 Å². The Balaban J connectivity index is 0.00000225. The van der Waals surface area contributed by atoms with Crippen molar-refractivity contribution in [3.05, 3.63) is 24.0 Å². The lowest BCUT2D eigenvalue weighted by Crippen LogP contribution is -3.08. The van der Waals surface area contributed by atoms with Crippen LogP contribution in [-0.2, 0) is 0 Å². The minimum absolute atomic E-state index is 0. The molecule has 1 rings (SSSR count). The first-order chi connectivity index (χ1) is 7.19. The molecule has 1 aromatic rings. The summed E-state index contributed by atoms with van der Waals surface area (Å²) < 4.78 is 13.1. The number of rotatable bonds is 5. The minimum atomic E-state index is -0.617. The fourth-order valence-corrected chi connectivity index (χ4v) is 1.82. The van der Waals surface area contributed by atoms with Gasteiger partial charge in [-0.05, 0) is 6.07 Å². The van der Waals surface area contributed by atoms with Gasteiger partial charge in [-0.15, -0.1) is 23.2 Å². The molecular formula is C10H13Cl3FNO. The summed E-state index contributed by atoms with van der Waals surface area (Å²) in [6.45, 7) is 1.36. The van der Waals surface area contributed by atoms with Crippen molar-refractivity contribution in [3.8, 4) is 5.75 Å². The van der Waals surface area contributed by atoms with Crippen LogP contribution in [0.15, 0.2) is 18.2 Å². The van der Waals surface area contributed by atoms with E-state index in [1.807, 2.05) is 0 Å².